The third-order valence-corrected chi connectivity index (χ3v) is 7.44. The first kappa shape index (κ1) is 14.0. The van der Waals surface area contributed by atoms with Crippen LogP contribution in [-0.2, 0) is 4.79 Å². The van der Waals surface area contributed by atoms with Crippen LogP contribution in [0.15, 0.2) is 11.6 Å². The molecule has 0 aromatic rings. The van der Waals surface area contributed by atoms with Gasteiger partial charge in [0.05, 0.1) is 6.10 Å². The van der Waals surface area contributed by atoms with Crippen LogP contribution in [0.2, 0.25) is 0 Å². The van der Waals surface area contributed by atoms with E-state index in [-0.39, 0.29) is 11.7 Å². The Labute approximate surface area is 128 Å². The van der Waals surface area contributed by atoms with Gasteiger partial charge in [-0.2, -0.15) is 0 Å². The highest BCUT2D eigenvalue weighted by molar-refractivity contribution is 5.92. The van der Waals surface area contributed by atoms with Gasteiger partial charge in [-0.25, -0.2) is 0 Å². The summed E-state index contributed by atoms with van der Waals surface area (Å²) in [5.41, 5.74) is 1.83. The summed E-state index contributed by atoms with van der Waals surface area (Å²) in [6.07, 6.45) is 9.64. The molecule has 0 heterocycles. The van der Waals surface area contributed by atoms with Gasteiger partial charge in [-0.05, 0) is 67.3 Å². The average molecular weight is 288 g/mol. The molecule has 21 heavy (non-hydrogen) atoms. The Hall–Kier alpha value is -0.630. The van der Waals surface area contributed by atoms with Crippen molar-refractivity contribution >= 4 is 5.78 Å². The Bertz CT molecular complexity index is 494. The number of hydrogen-bond donors (Lipinski definition) is 1. The zero-order valence-corrected chi connectivity index (χ0v) is 13.3. The summed E-state index contributed by atoms with van der Waals surface area (Å²) >= 11 is 0. The molecule has 2 nitrogen and oxygen atoms in total. The van der Waals surface area contributed by atoms with Crippen molar-refractivity contribution in [3.05, 3.63) is 11.6 Å². The Balaban J connectivity index is 1.71. The average Bonchev–Trinajstić information content (AvgIpc) is 2.79. The van der Waals surface area contributed by atoms with E-state index in [1.807, 2.05) is 6.08 Å². The molecule has 4 aliphatic carbocycles. The fourth-order valence-corrected chi connectivity index (χ4v) is 6.66. The SMILES string of the molecule is C[C@@H]1CC2=CC(=O)CC(O)[C@@H]2[C@H]2CC[C@]3(C)CCC[C@H]3[C@@H]21. The number of hydrogen-bond acceptors (Lipinski definition) is 2. The normalized spacial score (nSPS) is 52.7. The first-order valence-electron chi connectivity index (χ1n) is 8.91. The number of fused-ring (bicyclic) bond motifs is 5. The number of carbonyl (C=O) groups is 1. The topological polar surface area (TPSA) is 37.3 Å². The van der Waals surface area contributed by atoms with E-state index in [1.165, 1.54) is 37.7 Å². The van der Waals surface area contributed by atoms with Gasteiger partial charge in [0.25, 0.3) is 0 Å². The van der Waals surface area contributed by atoms with Crippen LogP contribution in [0, 0.1) is 35.0 Å². The molecule has 116 valence electrons. The molecule has 0 amide bonds. The van der Waals surface area contributed by atoms with E-state index in [1.54, 1.807) is 0 Å². The van der Waals surface area contributed by atoms with Crippen LogP contribution >= 0.6 is 0 Å². The molecule has 4 rings (SSSR count). The predicted molar refractivity (Wildman–Crippen MR) is 82.6 cm³/mol. The number of rotatable bonds is 0. The van der Waals surface area contributed by atoms with Crippen molar-refractivity contribution in [2.75, 3.05) is 0 Å². The molecule has 0 bridgehead atoms. The zero-order chi connectivity index (χ0) is 14.8. The van der Waals surface area contributed by atoms with Gasteiger partial charge >= 0.3 is 0 Å². The van der Waals surface area contributed by atoms with E-state index >= 15 is 0 Å². The van der Waals surface area contributed by atoms with E-state index in [4.69, 9.17) is 0 Å². The lowest BCUT2D eigenvalue weighted by Crippen LogP contribution is -2.51. The molecule has 0 aromatic carbocycles. The standard InChI is InChI=1S/C19H28O2/c1-11-8-12-9-13(20)10-16(21)18(12)14-5-7-19(2)6-3-4-15(19)17(11)14/h9,11,14-18,21H,3-8,10H2,1-2H3/t11-,14+,15+,16?,17-,18+,19+/m1/s1. The van der Waals surface area contributed by atoms with E-state index < -0.39 is 6.10 Å². The van der Waals surface area contributed by atoms with Crippen LogP contribution in [-0.4, -0.2) is 17.0 Å². The highest BCUT2D eigenvalue weighted by atomic mass is 16.3. The molecule has 0 spiro atoms. The van der Waals surface area contributed by atoms with Crippen molar-refractivity contribution in [3.8, 4) is 0 Å². The molecule has 7 atom stereocenters. The van der Waals surface area contributed by atoms with Gasteiger partial charge in [0.1, 0.15) is 0 Å². The second-order valence-electron chi connectivity index (χ2n) is 8.60. The van der Waals surface area contributed by atoms with Crippen LogP contribution < -0.4 is 0 Å². The molecule has 0 aliphatic heterocycles. The van der Waals surface area contributed by atoms with Gasteiger partial charge in [-0.1, -0.05) is 25.8 Å². The maximum atomic E-state index is 11.8. The summed E-state index contributed by atoms with van der Waals surface area (Å²) in [7, 11) is 0. The first-order chi connectivity index (χ1) is 9.99. The van der Waals surface area contributed by atoms with E-state index in [0.717, 1.165) is 18.3 Å². The smallest absolute Gasteiger partial charge is 0.158 e. The molecule has 2 heteroatoms. The van der Waals surface area contributed by atoms with Crippen LogP contribution in [0.5, 0.6) is 0 Å². The van der Waals surface area contributed by atoms with Gasteiger partial charge in [-0.3, -0.25) is 4.79 Å². The first-order valence-corrected chi connectivity index (χ1v) is 8.91. The summed E-state index contributed by atoms with van der Waals surface area (Å²) in [5.74, 6) is 3.36. The zero-order valence-electron chi connectivity index (χ0n) is 13.3. The fraction of sp³-hybridized carbons (Fsp3) is 0.842. The fourth-order valence-electron chi connectivity index (χ4n) is 6.66. The minimum atomic E-state index is -0.414. The molecule has 0 radical (unpaired) electrons. The van der Waals surface area contributed by atoms with Crippen molar-refractivity contribution in [3.63, 3.8) is 0 Å². The Morgan fingerprint density at radius 3 is 2.86 bits per heavy atom. The lowest BCUT2D eigenvalue weighted by molar-refractivity contribution is -0.120. The summed E-state index contributed by atoms with van der Waals surface area (Å²) < 4.78 is 0. The maximum Gasteiger partial charge on any atom is 0.158 e. The molecule has 4 aliphatic rings. The summed E-state index contributed by atoms with van der Waals surface area (Å²) in [6.45, 7) is 4.91. The molecular formula is C19H28O2. The van der Waals surface area contributed by atoms with Crippen LogP contribution in [0.4, 0.5) is 0 Å². The third-order valence-electron chi connectivity index (χ3n) is 7.44. The molecule has 3 fully saturated rings. The molecule has 0 aromatic heterocycles. The number of aliphatic hydroxyl groups is 1. The minimum absolute atomic E-state index is 0.140. The maximum absolute atomic E-state index is 11.8. The molecular weight excluding hydrogens is 260 g/mol. The van der Waals surface area contributed by atoms with Crippen LogP contribution in [0.1, 0.15) is 58.8 Å². The Morgan fingerprint density at radius 1 is 1.24 bits per heavy atom. The molecule has 0 saturated heterocycles. The van der Waals surface area contributed by atoms with Crippen LogP contribution in [0.25, 0.3) is 0 Å². The largest absolute Gasteiger partial charge is 0.392 e. The number of carbonyl (C=O) groups excluding carboxylic acids is 1. The van der Waals surface area contributed by atoms with E-state index in [2.05, 4.69) is 13.8 Å². The van der Waals surface area contributed by atoms with Gasteiger partial charge in [0, 0.05) is 12.3 Å². The van der Waals surface area contributed by atoms with E-state index in [9.17, 15) is 9.90 Å². The summed E-state index contributed by atoms with van der Waals surface area (Å²) in [6, 6.07) is 0. The molecule has 3 saturated carbocycles. The second-order valence-corrected chi connectivity index (χ2v) is 8.60. The lowest BCUT2D eigenvalue weighted by atomic mass is 9.49. The molecule has 1 N–H and O–H groups in total. The predicted octanol–water partition coefficient (Wildman–Crippen LogP) is 3.74. The molecule has 1 unspecified atom stereocenters. The number of ketones is 1. The Morgan fingerprint density at radius 2 is 2.05 bits per heavy atom. The lowest BCUT2D eigenvalue weighted by Gasteiger charge is -2.56. The van der Waals surface area contributed by atoms with Crippen molar-refractivity contribution in [1.29, 1.82) is 0 Å². The monoisotopic (exact) mass is 288 g/mol. The van der Waals surface area contributed by atoms with Crippen molar-refractivity contribution in [2.24, 2.45) is 35.0 Å². The minimum Gasteiger partial charge on any atom is -0.392 e. The van der Waals surface area contributed by atoms with Gasteiger partial charge in [0.2, 0.25) is 0 Å². The summed E-state index contributed by atoms with van der Waals surface area (Å²) in [5, 5.41) is 10.5. The Kier molecular flexibility index (Phi) is 3.12. The highest BCUT2D eigenvalue weighted by Gasteiger charge is 2.55. The highest BCUT2D eigenvalue weighted by Crippen LogP contribution is 2.62. The van der Waals surface area contributed by atoms with Crippen molar-refractivity contribution in [2.45, 2.75) is 64.9 Å². The van der Waals surface area contributed by atoms with Crippen molar-refractivity contribution in [1.82, 2.24) is 0 Å². The summed E-state index contributed by atoms with van der Waals surface area (Å²) in [4.78, 5) is 11.8. The second kappa shape index (κ2) is 4.68. The van der Waals surface area contributed by atoms with E-state index in [0.29, 0.717) is 23.7 Å². The number of aliphatic hydroxyl groups excluding tert-OH is 1. The van der Waals surface area contributed by atoms with Gasteiger partial charge in [0.15, 0.2) is 5.78 Å². The van der Waals surface area contributed by atoms with Gasteiger partial charge < -0.3 is 5.11 Å². The van der Waals surface area contributed by atoms with Crippen molar-refractivity contribution < 1.29 is 9.90 Å². The van der Waals surface area contributed by atoms with Crippen LogP contribution in [0.3, 0.4) is 0 Å². The third kappa shape index (κ3) is 1.98. The van der Waals surface area contributed by atoms with Gasteiger partial charge in [-0.15, -0.1) is 0 Å². The quantitative estimate of drug-likeness (QED) is 0.737.